The summed E-state index contributed by atoms with van der Waals surface area (Å²) in [5, 5.41) is 2.88. The molecule has 2 rings (SSSR count). The van der Waals surface area contributed by atoms with Crippen LogP contribution in [-0.2, 0) is 11.3 Å². The monoisotopic (exact) mass is 364 g/mol. The highest BCUT2D eigenvalue weighted by atomic mass is 79.9. The van der Waals surface area contributed by atoms with Crippen LogP contribution in [0.5, 0.6) is 0 Å². The first-order valence-electron chi connectivity index (χ1n) is 6.53. The van der Waals surface area contributed by atoms with Gasteiger partial charge in [-0.15, -0.1) is 12.4 Å². The normalized spacial score (nSPS) is 21.4. The van der Waals surface area contributed by atoms with Gasteiger partial charge >= 0.3 is 0 Å². The summed E-state index contributed by atoms with van der Waals surface area (Å²) in [6.07, 6.45) is 2.99. The van der Waals surface area contributed by atoms with Crippen LogP contribution < -0.4 is 11.1 Å². The summed E-state index contributed by atoms with van der Waals surface area (Å²) in [5.74, 6) is 0.0360. The van der Waals surface area contributed by atoms with Crippen molar-refractivity contribution < 1.29 is 9.18 Å². The highest BCUT2D eigenvalue weighted by Crippen LogP contribution is 2.31. The molecule has 20 heavy (non-hydrogen) atoms. The molecule has 0 bridgehead atoms. The largest absolute Gasteiger partial charge is 0.352 e. The van der Waals surface area contributed by atoms with E-state index in [2.05, 4.69) is 21.2 Å². The molecule has 1 aromatic carbocycles. The van der Waals surface area contributed by atoms with Crippen molar-refractivity contribution in [2.45, 2.75) is 25.8 Å². The highest BCUT2D eigenvalue weighted by molar-refractivity contribution is 9.10. The number of nitrogens with one attached hydrogen (secondary N) is 1. The van der Waals surface area contributed by atoms with Gasteiger partial charge < -0.3 is 11.1 Å². The number of hydrogen-bond donors (Lipinski definition) is 2. The van der Waals surface area contributed by atoms with Gasteiger partial charge in [0, 0.05) is 16.9 Å². The molecule has 1 saturated carbocycles. The van der Waals surface area contributed by atoms with Gasteiger partial charge in [-0.3, -0.25) is 4.79 Å². The zero-order valence-corrected chi connectivity index (χ0v) is 13.5. The summed E-state index contributed by atoms with van der Waals surface area (Å²) in [4.78, 5) is 12.1. The van der Waals surface area contributed by atoms with Crippen molar-refractivity contribution in [2.75, 3.05) is 6.54 Å². The molecule has 0 radical (unpaired) electrons. The molecule has 1 fully saturated rings. The third-order valence-corrected chi connectivity index (χ3v) is 4.15. The Balaban J connectivity index is 0.00000200. The van der Waals surface area contributed by atoms with E-state index in [1.807, 2.05) is 0 Å². The van der Waals surface area contributed by atoms with Crippen molar-refractivity contribution in [3.8, 4) is 0 Å². The predicted octanol–water partition coefficient (Wildman–Crippen LogP) is 3.00. The van der Waals surface area contributed by atoms with Crippen LogP contribution in [0.25, 0.3) is 0 Å². The maximum absolute atomic E-state index is 13.2. The lowest BCUT2D eigenvalue weighted by Gasteiger charge is -2.17. The number of amides is 1. The molecule has 1 amide bonds. The Morgan fingerprint density at radius 1 is 1.40 bits per heavy atom. The number of halogens is 3. The van der Waals surface area contributed by atoms with Crippen LogP contribution >= 0.6 is 28.3 Å². The van der Waals surface area contributed by atoms with Gasteiger partial charge in [-0.25, -0.2) is 4.39 Å². The van der Waals surface area contributed by atoms with Crippen LogP contribution in [0, 0.1) is 17.7 Å². The minimum Gasteiger partial charge on any atom is -0.352 e. The Bertz CT molecular complexity index is 452. The lowest BCUT2D eigenvalue weighted by Crippen LogP contribution is -2.34. The minimum absolute atomic E-state index is 0. The topological polar surface area (TPSA) is 55.1 Å². The third-order valence-electron chi connectivity index (χ3n) is 3.69. The van der Waals surface area contributed by atoms with Gasteiger partial charge in [0.2, 0.25) is 5.91 Å². The molecule has 0 unspecified atom stereocenters. The zero-order valence-electron chi connectivity index (χ0n) is 11.1. The molecular formula is C14H19BrClFN2O. The van der Waals surface area contributed by atoms with Crippen molar-refractivity contribution in [2.24, 2.45) is 17.6 Å². The van der Waals surface area contributed by atoms with E-state index in [0.29, 0.717) is 23.5 Å². The van der Waals surface area contributed by atoms with Crippen LogP contribution in [0.1, 0.15) is 24.8 Å². The Morgan fingerprint density at radius 3 is 2.80 bits per heavy atom. The maximum Gasteiger partial charge on any atom is 0.223 e. The first kappa shape index (κ1) is 17.4. The number of carbonyl (C=O) groups excluding carboxylic acids is 1. The van der Waals surface area contributed by atoms with E-state index in [4.69, 9.17) is 5.73 Å². The van der Waals surface area contributed by atoms with E-state index in [1.165, 1.54) is 12.1 Å². The average molecular weight is 366 g/mol. The quantitative estimate of drug-likeness (QED) is 0.862. The van der Waals surface area contributed by atoms with E-state index < -0.39 is 0 Å². The molecular weight excluding hydrogens is 347 g/mol. The predicted molar refractivity (Wildman–Crippen MR) is 83.1 cm³/mol. The Kier molecular flexibility index (Phi) is 6.92. The molecule has 1 aromatic rings. The Labute approximate surface area is 133 Å². The maximum atomic E-state index is 13.2. The average Bonchev–Trinajstić information content (AvgIpc) is 2.83. The standard InChI is InChI=1S/C14H18BrFN2O.ClH/c15-11-4-9(5-12(16)6-11)8-18-14(19)13-3-1-2-10(13)7-17;/h4-6,10,13H,1-3,7-8,17H2,(H,18,19);1H/t10-,13-;/m1./s1. The fourth-order valence-corrected chi connectivity index (χ4v) is 3.21. The molecule has 0 saturated heterocycles. The summed E-state index contributed by atoms with van der Waals surface area (Å²) in [6, 6.07) is 4.63. The van der Waals surface area contributed by atoms with Crippen molar-refractivity contribution in [3.63, 3.8) is 0 Å². The molecule has 1 aliphatic carbocycles. The second-order valence-electron chi connectivity index (χ2n) is 5.03. The summed E-state index contributed by atoms with van der Waals surface area (Å²) in [5.41, 5.74) is 6.43. The second kappa shape index (κ2) is 7.96. The van der Waals surface area contributed by atoms with Crippen LogP contribution in [0.15, 0.2) is 22.7 Å². The van der Waals surface area contributed by atoms with Gasteiger partial charge in [0.1, 0.15) is 5.82 Å². The third kappa shape index (κ3) is 4.43. The van der Waals surface area contributed by atoms with Gasteiger partial charge in [-0.1, -0.05) is 22.4 Å². The molecule has 1 aliphatic rings. The molecule has 0 aromatic heterocycles. The molecule has 3 N–H and O–H groups in total. The molecule has 0 aliphatic heterocycles. The van der Waals surface area contributed by atoms with Crippen molar-refractivity contribution in [3.05, 3.63) is 34.1 Å². The van der Waals surface area contributed by atoms with E-state index in [1.54, 1.807) is 6.07 Å². The summed E-state index contributed by atoms with van der Waals surface area (Å²) in [6.45, 7) is 0.909. The molecule has 112 valence electrons. The smallest absolute Gasteiger partial charge is 0.223 e. The molecule has 0 heterocycles. The van der Waals surface area contributed by atoms with E-state index >= 15 is 0 Å². The summed E-state index contributed by atoms with van der Waals surface area (Å²) in [7, 11) is 0. The van der Waals surface area contributed by atoms with Crippen LogP contribution in [-0.4, -0.2) is 12.5 Å². The van der Waals surface area contributed by atoms with Gasteiger partial charge in [0.15, 0.2) is 0 Å². The summed E-state index contributed by atoms with van der Waals surface area (Å²) < 4.78 is 13.9. The van der Waals surface area contributed by atoms with E-state index in [-0.39, 0.29) is 30.0 Å². The van der Waals surface area contributed by atoms with Gasteiger partial charge in [0.05, 0.1) is 0 Å². The van der Waals surface area contributed by atoms with Crippen LogP contribution in [0.2, 0.25) is 0 Å². The SMILES string of the molecule is Cl.NC[C@H]1CCC[C@H]1C(=O)NCc1cc(F)cc(Br)c1. The molecule has 6 heteroatoms. The van der Waals surface area contributed by atoms with Crippen LogP contribution in [0.3, 0.4) is 0 Å². The lowest BCUT2D eigenvalue weighted by atomic mass is 9.95. The van der Waals surface area contributed by atoms with Crippen molar-refractivity contribution in [1.29, 1.82) is 0 Å². The second-order valence-corrected chi connectivity index (χ2v) is 5.94. The minimum atomic E-state index is -0.306. The molecule has 2 atom stereocenters. The van der Waals surface area contributed by atoms with Gasteiger partial charge in [-0.05, 0) is 49.1 Å². The number of rotatable bonds is 4. The Hall–Kier alpha value is -0.650. The van der Waals surface area contributed by atoms with Crippen molar-refractivity contribution >= 4 is 34.2 Å². The fraction of sp³-hybridized carbons (Fsp3) is 0.500. The Morgan fingerprint density at radius 2 is 2.15 bits per heavy atom. The zero-order chi connectivity index (χ0) is 13.8. The van der Waals surface area contributed by atoms with Gasteiger partial charge in [-0.2, -0.15) is 0 Å². The number of nitrogens with two attached hydrogens (primary N) is 1. The summed E-state index contributed by atoms with van der Waals surface area (Å²) >= 11 is 3.24. The lowest BCUT2D eigenvalue weighted by molar-refractivity contribution is -0.126. The van der Waals surface area contributed by atoms with Gasteiger partial charge in [0.25, 0.3) is 0 Å². The van der Waals surface area contributed by atoms with E-state index in [0.717, 1.165) is 24.8 Å². The number of hydrogen-bond acceptors (Lipinski definition) is 2. The highest BCUT2D eigenvalue weighted by Gasteiger charge is 2.31. The molecule has 3 nitrogen and oxygen atoms in total. The fourth-order valence-electron chi connectivity index (χ4n) is 2.70. The van der Waals surface area contributed by atoms with Crippen molar-refractivity contribution in [1.82, 2.24) is 5.32 Å². The first-order valence-corrected chi connectivity index (χ1v) is 7.32. The molecule has 0 spiro atoms. The van der Waals surface area contributed by atoms with Crippen LogP contribution in [0.4, 0.5) is 4.39 Å². The van der Waals surface area contributed by atoms with E-state index in [9.17, 15) is 9.18 Å². The number of benzene rings is 1. The first-order chi connectivity index (χ1) is 9.10. The number of carbonyl (C=O) groups is 1.